The van der Waals surface area contributed by atoms with Gasteiger partial charge in [-0.25, -0.2) is 4.52 Å². The van der Waals surface area contributed by atoms with Crippen molar-refractivity contribution in [3.8, 4) is 0 Å². The molecule has 0 aromatic carbocycles. The van der Waals surface area contributed by atoms with Crippen LogP contribution in [0.25, 0.3) is 5.52 Å². The van der Waals surface area contributed by atoms with Gasteiger partial charge in [0.15, 0.2) is 0 Å². The minimum absolute atomic E-state index is 0.00509. The molecule has 2 aromatic heterocycles. The fraction of sp³-hybridized carbons (Fsp3) is 0.400. The van der Waals surface area contributed by atoms with Crippen LogP contribution in [0, 0.1) is 0 Å². The van der Waals surface area contributed by atoms with Crippen molar-refractivity contribution < 1.29 is 0 Å². The molecule has 0 unspecified atom stereocenters. The van der Waals surface area contributed by atoms with Crippen molar-refractivity contribution in [3.05, 3.63) is 24.2 Å². The molecule has 0 saturated heterocycles. The summed E-state index contributed by atoms with van der Waals surface area (Å²) >= 11 is 0. The third-order valence-electron chi connectivity index (χ3n) is 2.22. The van der Waals surface area contributed by atoms with Crippen LogP contribution in [0.2, 0.25) is 0 Å². The number of rotatable bonds is 0. The van der Waals surface area contributed by atoms with Crippen LogP contribution in [0.3, 0.4) is 0 Å². The molecular weight excluding hydrogens is 176 g/mol. The van der Waals surface area contributed by atoms with E-state index in [1.165, 1.54) is 0 Å². The Morgan fingerprint density at radius 1 is 1.36 bits per heavy atom. The van der Waals surface area contributed by atoms with Gasteiger partial charge in [0.1, 0.15) is 5.82 Å². The molecule has 0 aliphatic carbocycles. The van der Waals surface area contributed by atoms with E-state index in [2.05, 4.69) is 30.9 Å². The van der Waals surface area contributed by atoms with E-state index in [1.54, 1.807) is 23.1 Å². The summed E-state index contributed by atoms with van der Waals surface area (Å²) in [6, 6.07) is 0. The highest BCUT2D eigenvalue weighted by molar-refractivity contribution is 5.65. The molecule has 0 aliphatic heterocycles. The van der Waals surface area contributed by atoms with Crippen molar-refractivity contribution in [2.24, 2.45) is 0 Å². The summed E-state index contributed by atoms with van der Waals surface area (Å²) in [6.07, 6.45) is 5.30. The zero-order valence-electron chi connectivity index (χ0n) is 8.65. The van der Waals surface area contributed by atoms with Crippen LogP contribution in [0.1, 0.15) is 26.3 Å². The smallest absolute Gasteiger partial charge is 0.150 e. The minimum Gasteiger partial charge on any atom is -0.382 e. The topological polar surface area (TPSA) is 56.2 Å². The Morgan fingerprint density at radius 2 is 2.07 bits per heavy atom. The second-order valence-corrected chi connectivity index (χ2v) is 4.42. The fourth-order valence-corrected chi connectivity index (χ4v) is 1.69. The molecule has 2 rings (SSSR count). The quantitative estimate of drug-likeness (QED) is 0.686. The molecule has 4 heteroatoms. The molecule has 0 radical (unpaired) electrons. The van der Waals surface area contributed by atoms with Crippen LogP contribution >= 0.6 is 0 Å². The van der Waals surface area contributed by atoms with Crippen molar-refractivity contribution >= 4 is 11.3 Å². The van der Waals surface area contributed by atoms with E-state index in [0.29, 0.717) is 5.82 Å². The molecule has 0 atom stereocenters. The van der Waals surface area contributed by atoms with Crippen molar-refractivity contribution in [2.45, 2.75) is 26.2 Å². The summed E-state index contributed by atoms with van der Waals surface area (Å²) in [5.74, 6) is 0.588. The van der Waals surface area contributed by atoms with E-state index in [9.17, 15) is 0 Å². The van der Waals surface area contributed by atoms with E-state index in [0.717, 1.165) is 11.1 Å². The van der Waals surface area contributed by atoms with Gasteiger partial charge in [0.25, 0.3) is 0 Å². The van der Waals surface area contributed by atoms with Crippen molar-refractivity contribution in [1.82, 2.24) is 14.6 Å². The molecule has 2 heterocycles. The Morgan fingerprint density at radius 3 is 2.71 bits per heavy atom. The van der Waals surface area contributed by atoms with E-state index in [4.69, 9.17) is 5.73 Å². The van der Waals surface area contributed by atoms with Crippen molar-refractivity contribution in [3.63, 3.8) is 0 Å². The largest absolute Gasteiger partial charge is 0.382 e. The average molecular weight is 190 g/mol. The van der Waals surface area contributed by atoms with E-state index in [-0.39, 0.29) is 5.41 Å². The van der Waals surface area contributed by atoms with E-state index < -0.39 is 0 Å². The lowest BCUT2D eigenvalue weighted by atomic mass is 9.87. The van der Waals surface area contributed by atoms with Gasteiger partial charge in [-0.15, -0.1) is 0 Å². The number of nitrogen functional groups attached to an aromatic ring is 1. The van der Waals surface area contributed by atoms with Crippen LogP contribution in [-0.2, 0) is 5.41 Å². The second-order valence-electron chi connectivity index (χ2n) is 4.42. The molecule has 0 spiro atoms. The van der Waals surface area contributed by atoms with E-state index in [1.807, 2.05) is 0 Å². The highest BCUT2D eigenvalue weighted by Crippen LogP contribution is 2.30. The SMILES string of the molecule is CC(C)(C)c1c(N)nn2ccncc12. The summed E-state index contributed by atoms with van der Waals surface area (Å²) in [5, 5.41) is 4.23. The maximum absolute atomic E-state index is 5.88. The zero-order valence-corrected chi connectivity index (χ0v) is 8.65. The molecule has 0 fully saturated rings. The molecular formula is C10H14N4. The Balaban J connectivity index is 2.81. The Hall–Kier alpha value is -1.58. The minimum atomic E-state index is -0.00509. The fourth-order valence-electron chi connectivity index (χ4n) is 1.69. The summed E-state index contributed by atoms with van der Waals surface area (Å²) in [4.78, 5) is 4.08. The van der Waals surface area contributed by atoms with Crippen LogP contribution in [-0.4, -0.2) is 14.6 Å². The van der Waals surface area contributed by atoms with E-state index >= 15 is 0 Å². The molecule has 74 valence electrons. The van der Waals surface area contributed by atoms with Gasteiger partial charge in [-0.3, -0.25) is 4.98 Å². The van der Waals surface area contributed by atoms with Crippen molar-refractivity contribution in [1.29, 1.82) is 0 Å². The lowest BCUT2D eigenvalue weighted by Gasteiger charge is -2.17. The summed E-state index contributed by atoms with van der Waals surface area (Å²) in [6.45, 7) is 6.36. The standard InChI is InChI=1S/C10H14N4/c1-10(2,3)8-7-6-12-4-5-14(7)13-9(8)11/h4-6H,1-3H3,(H2,11,13). The normalized spacial score (nSPS) is 12.2. The lowest BCUT2D eigenvalue weighted by Crippen LogP contribution is -2.12. The number of nitrogens with two attached hydrogens (primary N) is 1. The predicted molar refractivity (Wildman–Crippen MR) is 56.1 cm³/mol. The van der Waals surface area contributed by atoms with Crippen molar-refractivity contribution in [2.75, 3.05) is 5.73 Å². The zero-order chi connectivity index (χ0) is 10.3. The summed E-state index contributed by atoms with van der Waals surface area (Å²) < 4.78 is 1.77. The molecule has 0 saturated carbocycles. The first-order valence-corrected chi connectivity index (χ1v) is 4.58. The first kappa shape index (κ1) is 8.99. The van der Waals surface area contributed by atoms with Gasteiger partial charge in [0.05, 0.1) is 11.7 Å². The highest BCUT2D eigenvalue weighted by Gasteiger charge is 2.22. The number of nitrogens with zero attached hydrogens (tertiary/aromatic N) is 3. The number of hydrogen-bond acceptors (Lipinski definition) is 3. The lowest BCUT2D eigenvalue weighted by molar-refractivity contribution is 0.597. The van der Waals surface area contributed by atoms with Gasteiger partial charge in [-0.05, 0) is 5.41 Å². The van der Waals surface area contributed by atoms with Crippen LogP contribution in [0.4, 0.5) is 5.82 Å². The summed E-state index contributed by atoms with van der Waals surface area (Å²) in [7, 11) is 0. The first-order valence-electron chi connectivity index (χ1n) is 4.58. The van der Waals surface area contributed by atoms with Gasteiger partial charge in [-0.1, -0.05) is 20.8 Å². The highest BCUT2D eigenvalue weighted by atomic mass is 15.3. The van der Waals surface area contributed by atoms with Crippen LogP contribution in [0.15, 0.2) is 18.6 Å². The third kappa shape index (κ3) is 1.23. The summed E-state index contributed by atoms with van der Waals surface area (Å²) in [5.41, 5.74) is 7.92. The van der Waals surface area contributed by atoms with Gasteiger partial charge in [0.2, 0.25) is 0 Å². The molecule has 2 aromatic rings. The van der Waals surface area contributed by atoms with Gasteiger partial charge in [-0.2, -0.15) is 5.10 Å². The van der Waals surface area contributed by atoms with Gasteiger partial charge >= 0.3 is 0 Å². The number of anilines is 1. The van der Waals surface area contributed by atoms with Crippen LogP contribution in [0.5, 0.6) is 0 Å². The molecule has 0 bridgehead atoms. The number of hydrogen-bond donors (Lipinski definition) is 1. The molecule has 0 aliphatic rings. The van der Waals surface area contributed by atoms with Gasteiger partial charge < -0.3 is 5.73 Å². The average Bonchev–Trinajstić information content (AvgIpc) is 2.38. The molecule has 2 N–H and O–H groups in total. The maximum Gasteiger partial charge on any atom is 0.150 e. The maximum atomic E-state index is 5.88. The Labute approximate surface area is 82.8 Å². The Bertz CT molecular complexity index is 464. The van der Waals surface area contributed by atoms with Gasteiger partial charge in [0, 0.05) is 18.0 Å². The number of aromatic nitrogens is 3. The molecule has 4 nitrogen and oxygen atoms in total. The van der Waals surface area contributed by atoms with Crippen LogP contribution < -0.4 is 5.73 Å². The predicted octanol–water partition coefficient (Wildman–Crippen LogP) is 1.61. The molecule has 14 heavy (non-hydrogen) atoms. The molecule has 0 amide bonds. The first-order chi connectivity index (χ1) is 6.50. The number of fused-ring (bicyclic) bond motifs is 1. The Kier molecular flexibility index (Phi) is 1.74. The monoisotopic (exact) mass is 190 g/mol. The second kappa shape index (κ2) is 2.70. The third-order valence-corrected chi connectivity index (χ3v) is 2.22.